The molecule has 186 valence electrons. The van der Waals surface area contributed by atoms with Crippen molar-refractivity contribution in [3.8, 4) is 33.4 Å². The summed E-state index contributed by atoms with van der Waals surface area (Å²) in [5, 5.41) is 5.65. The van der Waals surface area contributed by atoms with Gasteiger partial charge in [0.2, 0.25) is 0 Å². The van der Waals surface area contributed by atoms with Gasteiger partial charge in [-0.25, -0.2) is 0 Å². The minimum Gasteiger partial charge on any atom is -0.0616 e. The van der Waals surface area contributed by atoms with Crippen molar-refractivity contribution in [2.45, 2.75) is 0 Å². The van der Waals surface area contributed by atoms with Crippen LogP contribution in [0.4, 0.5) is 0 Å². The molecular formula is C40H26. The van der Waals surface area contributed by atoms with Crippen molar-refractivity contribution in [2.24, 2.45) is 0 Å². The lowest BCUT2D eigenvalue weighted by Crippen LogP contribution is -1.91. The van der Waals surface area contributed by atoms with Gasteiger partial charge in [-0.05, 0) is 88.6 Å². The second-order valence-electron chi connectivity index (χ2n) is 9.98. The van der Waals surface area contributed by atoms with Crippen molar-refractivity contribution in [1.82, 2.24) is 0 Å². The van der Waals surface area contributed by atoms with Crippen LogP contribution in [0.15, 0.2) is 158 Å². The van der Waals surface area contributed by atoms with Gasteiger partial charge in [0.05, 0.1) is 9.60 Å². The lowest BCUT2D eigenvalue weighted by atomic mass is 9.85. The van der Waals surface area contributed by atoms with Crippen LogP contribution in [-0.2, 0) is 0 Å². The molecule has 0 heterocycles. The van der Waals surface area contributed by atoms with Crippen LogP contribution in [0, 0.1) is 0 Å². The summed E-state index contributed by atoms with van der Waals surface area (Å²) in [5.74, 6) is 0. The van der Waals surface area contributed by atoms with Crippen molar-refractivity contribution in [3.63, 3.8) is 0 Å². The highest BCUT2D eigenvalue weighted by atomic mass is 14.2. The van der Waals surface area contributed by atoms with Crippen LogP contribution in [0.5, 0.6) is 0 Å². The van der Waals surface area contributed by atoms with Crippen LogP contribution in [0.2, 0.25) is 0 Å². The average molecular weight is 514 g/mol. The Labute approximate surface area is 243 Å². The standard InChI is InChI=1S/C40H26/c1-3-11-31-25-33(23-19-27(31)9-1)29-17-21-30(22-18-29)39-35-13-5-7-15-37(35)40(38-16-8-6-14-36(38)39)34-24-20-28-10-2-4-12-32(28)26-34/h1-26H/i2D,4D,10D,12D,20D,24D,26D. The van der Waals surface area contributed by atoms with Gasteiger partial charge >= 0.3 is 0 Å². The van der Waals surface area contributed by atoms with Crippen LogP contribution >= 0.6 is 0 Å². The Kier molecular flexibility index (Phi) is 3.85. The highest BCUT2D eigenvalue weighted by Crippen LogP contribution is 2.44. The number of benzene rings is 8. The quantitative estimate of drug-likeness (QED) is 0.206. The molecule has 0 amide bonds. The number of hydrogen-bond donors (Lipinski definition) is 0. The molecule has 0 aromatic heterocycles. The smallest absolute Gasteiger partial charge is 0.0616 e. The zero-order valence-corrected chi connectivity index (χ0v) is 21.5. The second kappa shape index (κ2) is 9.22. The zero-order valence-electron chi connectivity index (χ0n) is 28.5. The van der Waals surface area contributed by atoms with Crippen molar-refractivity contribution >= 4 is 43.1 Å². The molecule has 0 unspecified atom stereocenters. The monoisotopic (exact) mass is 513 g/mol. The maximum Gasteiger partial charge on any atom is 0.0636 e. The van der Waals surface area contributed by atoms with E-state index in [1.165, 1.54) is 10.8 Å². The molecular weight excluding hydrogens is 480 g/mol. The minimum absolute atomic E-state index is 0.0477. The highest BCUT2D eigenvalue weighted by Gasteiger charge is 2.16. The van der Waals surface area contributed by atoms with Crippen molar-refractivity contribution in [2.75, 3.05) is 0 Å². The number of rotatable bonds is 3. The summed E-state index contributed by atoms with van der Waals surface area (Å²) < 4.78 is 60.8. The Morgan fingerprint density at radius 1 is 0.350 bits per heavy atom. The van der Waals surface area contributed by atoms with E-state index in [9.17, 15) is 1.37 Å². The predicted octanol–water partition coefficient (Wildman–Crippen LogP) is 11.3. The number of fused-ring (bicyclic) bond motifs is 4. The molecule has 0 nitrogen and oxygen atoms in total. The summed E-state index contributed by atoms with van der Waals surface area (Å²) >= 11 is 0. The average Bonchev–Trinajstić information content (AvgIpc) is 3.11. The molecule has 0 spiro atoms. The topological polar surface area (TPSA) is 0 Å². The fourth-order valence-electron chi connectivity index (χ4n) is 5.81. The van der Waals surface area contributed by atoms with Gasteiger partial charge < -0.3 is 0 Å². The summed E-state index contributed by atoms with van der Waals surface area (Å²) in [5.41, 5.74) is 5.04. The summed E-state index contributed by atoms with van der Waals surface area (Å²) in [7, 11) is 0. The van der Waals surface area contributed by atoms with Gasteiger partial charge in [-0.1, -0.05) is 145 Å². The van der Waals surface area contributed by atoms with E-state index >= 15 is 0 Å². The SMILES string of the molecule is [2H]c1c([2H])c([2H])c2c([2H])c(-c3c4ccccc4c(-c4ccc(-c5ccc6ccccc6c5)cc4)c4ccccc34)c([2H])c([2H])c2c1[2H]. The molecule has 0 radical (unpaired) electrons. The van der Waals surface area contributed by atoms with E-state index < -0.39 is 18.1 Å². The third kappa shape index (κ3) is 3.69. The van der Waals surface area contributed by atoms with E-state index in [0.29, 0.717) is 5.56 Å². The highest BCUT2D eigenvalue weighted by molar-refractivity contribution is 6.21. The minimum atomic E-state index is -0.477. The maximum absolute atomic E-state index is 9.29. The Hall–Kier alpha value is -5.20. The van der Waals surface area contributed by atoms with Gasteiger partial charge in [0.1, 0.15) is 0 Å². The lowest BCUT2D eigenvalue weighted by Gasteiger charge is -2.18. The molecule has 0 bridgehead atoms. The van der Waals surface area contributed by atoms with Crippen LogP contribution in [-0.4, -0.2) is 0 Å². The first-order valence-corrected chi connectivity index (χ1v) is 13.3. The van der Waals surface area contributed by atoms with Gasteiger partial charge in [-0.2, -0.15) is 0 Å². The van der Waals surface area contributed by atoms with Crippen LogP contribution < -0.4 is 0 Å². The first kappa shape index (κ1) is 16.7. The van der Waals surface area contributed by atoms with E-state index in [-0.39, 0.29) is 40.5 Å². The number of hydrogen-bond acceptors (Lipinski definition) is 0. The Morgan fingerprint density at radius 3 is 1.55 bits per heavy atom. The fraction of sp³-hybridized carbons (Fsp3) is 0. The van der Waals surface area contributed by atoms with Crippen LogP contribution in [0.1, 0.15) is 9.60 Å². The normalized spacial score (nSPS) is 13.9. The van der Waals surface area contributed by atoms with E-state index in [1.807, 2.05) is 60.7 Å². The molecule has 0 saturated carbocycles. The molecule has 0 aliphatic carbocycles. The second-order valence-corrected chi connectivity index (χ2v) is 9.98. The maximum atomic E-state index is 9.29. The van der Waals surface area contributed by atoms with E-state index in [4.69, 9.17) is 8.22 Å². The molecule has 0 N–H and O–H groups in total. The van der Waals surface area contributed by atoms with E-state index in [0.717, 1.165) is 43.8 Å². The first-order chi connectivity index (χ1) is 22.8. The molecule has 0 aliphatic rings. The molecule has 0 heteroatoms. The summed E-state index contributed by atoms with van der Waals surface area (Å²) in [6.45, 7) is 0. The molecule has 0 saturated heterocycles. The Bertz CT molecular complexity index is 2530. The summed E-state index contributed by atoms with van der Waals surface area (Å²) in [6.07, 6.45) is 0. The molecule has 40 heavy (non-hydrogen) atoms. The van der Waals surface area contributed by atoms with Crippen molar-refractivity contribution in [3.05, 3.63) is 158 Å². The van der Waals surface area contributed by atoms with Crippen LogP contribution in [0.3, 0.4) is 0 Å². The summed E-state index contributed by atoms with van der Waals surface area (Å²) in [4.78, 5) is 0. The van der Waals surface area contributed by atoms with Gasteiger partial charge in [0.15, 0.2) is 0 Å². The predicted molar refractivity (Wildman–Crippen MR) is 173 cm³/mol. The molecule has 8 rings (SSSR count). The van der Waals surface area contributed by atoms with E-state index in [1.54, 1.807) is 0 Å². The van der Waals surface area contributed by atoms with E-state index in [2.05, 4.69) is 54.6 Å². The van der Waals surface area contributed by atoms with Gasteiger partial charge in [-0.15, -0.1) is 0 Å². The van der Waals surface area contributed by atoms with Crippen molar-refractivity contribution in [1.29, 1.82) is 0 Å². The Morgan fingerprint density at radius 2 is 0.875 bits per heavy atom. The van der Waals surface area contributed by atoms with Gasteiger partial charge in [0.25, 0.3) is 0 Å². The Balaban J connectivity index is 1.40. The molecule has 0 atom stereocenters. The third-order valence-corrected chi connectivity index (χ3v) is 7.69. The summed E-state index contributed by atoms with van der Waals surface area (Å²) in [6, 6.07) is 36.5. The fourth-order valence-corrected chi connectivity index (χ4v) is 5.81. The molecule has 8 aromatic carbocycles. The molecule has 0 fully saturated rings. The third-order valence-electron chi connectivity index (χ3n) is 7.69. The lowest BCUT2D eigenvalue weighted by molar-refractivity contribution is 1.63. The first-order valence-electron chi connectivity index (χ1n) is 16.8. The zero-order chi connectivity index (χ0) is 32.6. The largest absolute Gasteiger partial charge is 0.0636 e. The van der Waals surface area contributed by atoms with Crippen LogP contribution in [0.25, 0.3) is 76.5 Å². The molecule has 0 aliphatic heterocycles. The van der Waals surface area contributed by atoms with Gasteiger partial charge in [0, 0.05) is 0 Å². The van der Waals surface area contributed by atoms with Crippen molar-refractivity contribution < 1.29 is 9.60 Å². The molecule has 8 aromatic rings. The van der Waals surface area contributed by atoms with Gasteiger partial charge in [-0.3, -0.25) is 0 Å².